The number of hydrogen-bond acceptors (Lipinski definition) is 3. The van der Waals surface area contributed by atoms with Crippen LogP contribution in [0.5, 0.6) is 5.75 Å². The van der Waals surface area contributed by atoms with Crippen molar-refractivity contribution in [1.82, 2.24) is 0 Å². The number of alkyl halides is 3. The van der Waals surface area contributed by atoms with Gasteiger partial charge in [-0.25, -0.2) is 0 Å². The van der Waals surface area contributed by atoms with Crippen molar-refractivity contribution < 1.29 is 32.5 Å². The van der Waals surface area contributed by atoms with E-state index in [9.17, 15) is 18.0 Å². The van der Waals surface area contributed by atoms with Gasteiger partial charge in [-0.05, 0) is 80.5 Å². The molecule has 0 saturated heterocycles. The minimum atomic E-state index is -4.71. The minimum Gasteiger partial charge on any atom is -0.481 e. The Morgan fingerprint density at radius 2 is 1.89 bits per heavy atom. The number of benzene rings is 1. The number of ether oxygens (including phenoxy) is 2. The van der Waals surface area contributed by atoms with Crippen LogP contribution in [0.25, 0.3) is 0 Å². The maximum atomic E-state index is 12.5. The zero-order chi connectivity index (χ0) is 19.7. The Morgan fingerprint density at radius 3 is 2.52 bits per heavy atom. The number of aryl methyl sites for hydroxylation is 1. The SMILES string of the molecule is Cc1cc(COC23CCC(CCCC(=O)O)(CC2)C3)cc(OC(F)(F)F)c1. The number of halogens is 3. The fourth-order valence-electron chi connectivity index (χ4n) is 4.76. The first-order valence-electron chi connectivity index (χ1n) is 9.31. The van der Waals surface area contributed by atoms with Crippen molar-refractivity contribution in [2.45, 2.75) is 76.9 Å². The van der Waals surface area contributed by atoms with Crippen molar-refractivity contribution in [2.24, 2.45) is 5.41 Å². The zero-order valence-electron chi connectivity index (χ0n) is 15.4. The van der Waals surface area contributed by atoms with Gasteiger partial charge >= 0.3 is 12.3 Å². The van der Waals surface area contributed by atoms with Gasteiger partial charge in [0.1, 0.15) is 5.75 Å². The Balaban J connectivity index is 1.59. The van der Waals surface area contributed by atoms with Crippen LogP contribution in [0.2, 0.25) is 0 Å². The summed E-state index contributed by atoms with van der Waals surface area (Å²) in [7, 11) is 0. The topological polar surface area (TPSA) is 55.8 Å². The summed E-state index contributed by atoms with van der Waals surface area (Å²) in [5, 5.41) is 8.83. The molecule has 2 fully saturated rings. The molecule has 2 aliphatic rings. The highest BCUT2D eigenvalue weighted by molar-refractivity contribution is 5.66. The van der Waals surface area contributed by atoms with Crippen LogP contribution in [0.1, 0.15) is 62.5 Å². The Bertz CT molecular complexity index is 691. The molecule has 1 aromatic rings. The van der Waals surface area contributed by atoms with E-state index in [0.717, 1.165) is 38.5 Å². The molecule has 0 atom stereocenters. The highest BCUT2D eigenvalue weighted by atomic mass is 19.4. The molecule has 4 nitrogen and oxygen atoms in total. The first kappa shape index (κ1) is 20.0. The molecule has 7 heteroatoms. The van der Waals surface area contributed by atoms with Gasteiger partial charge in [-0.15, -0.1) is 13.2 Å². The van der Waals surface area contributed by atoms with E-state index in [4.69, 9.17) is 9.84 Å². The van der Waals surface area contributed by atoms with Crippen molar-refractivity contribution in [3.63, 3.8) is 0 Å². The van der Waals surface area contributed by atoms with Crippen LogP contribution in [0, 0.1) is 12.3 Å². The monoisotopic (exact) mass is 386 g/mol. The Kier molecular flexibility index (Phi) is 5.43. The van der Waals surface area contributed by atoms with E-state index in [0.29, 0.717) is 17.5 Å². The lowest BCUT2D eigenvalue weighted by Crippen LogP contribution is -2.26. The number of fused-ring (bicyclic) bond motifs is 2. The van der Waals surface area contributed by atoms with Gasteiger partial charge in [-0.1, -0.05) is 6.07 Å². The number of carbonyl (C=O) groups is 1. The average Bonchev–Trinajstić information content (AvgIpc) is 3.07. The summed E-state index contributed by atoms with van der Waals surface area (Å²) in [6.07, 6.45) is 1.90. The average molecular weight is 386 g/mol. The van der Waals surface area contributed by atoms with Gasteiger partial charge in [0.25, 0.3) is 0 Å². The predicted octanol–water partition coefficient (Wildman–Crippen LogP) is 5.37. The number of rotatable bonds is 8. The van der Waals surface area contributed by atoms with Crippen LogP contribution < -0.4 is 4.74 Å². The highest BCUT2D eigenvalue weighted by Crippen LogP contribution is 2.60. The summed E-state index contributed by atoms with van der Waals surface area (Å²) >= 11 is 0. The van der Waals surface area contributed by atoms with Gasteiger partial charge < -0.3 is 14.6 Å². The second-order valence-electron chi connectivity index (χ2n) is 8.10. The zero-order valence-corrected chi connectivity index (χ0v) is 15.4. The molecular weight excluding hydrogens is 361 g/mol. The molecule has 0 radical (unpaired) electrons. The van der Waals surface area contributed by atoms with Crippen molar-refractivity contribution in [3.8, 4) is 5.75 Å². The lowest BCUT2D eigenvalue weighted by molar-refractivity contribution is -0.274. The van der Waals surface area contributed by atoms with E-state index >= 15 is 0 Å². The van der Waals surface area contributed by atoms with Crippen LogP contribution >= 0.6 is 0 Å². The third-order valence-corrected chi connectivity index (χ3v) is 5.91. The van der Waals surface area contributed by atoms with E-state index in [-0.39, 0.29) is 29.8 Å². The molecule has 2 aliphatic carbocycles. The molecule has 1 aromatic carbocycles. The smallest absolute Gasteiger partial charge is 0.481 e. The van der Waals surface area contributed by atoms with Crippen LogP contribution in [-0.4, -0.2) is 23.0 Å². The van der Waals surface area contributed by atoms with Gasteiger partial charge in [-0.3, -0.25) is 4.79 Å². The third-order valence-electron chi connectivity index (χ3n) is 5.91. The summed E-state index contributed by atoms with van der Waals surface area (Å²) in [5.41, 5.74) is 1.30. The molecule has 1 N–H and O–H groups in total. The van der Waals surface area contributed by atoms with Crippen LogP contribution in [0.3, 0.4) is 0 Å². The van der Waals surface area contributed by atoms with Crippen LogP contribution in [0.15, 0.2) is 18.2 Å². The predicted molar refractivity (Wildman–Crippen MR) is 92.4 cm³/mol. The summed E-state index contributed by atoms with van der Waals surface area (Å²) in [6.45, 7) is 1.98. The molecule has 0 heterocycles. The van der Waals surface area contributed by atoms with E-state index in [2.05, 4.69) is 4.74 Å². The molecule has 27 heavy (non-hydrogen) atoms. The number of hydrogen-bond donors (Lipinski definition) is 1. The summed E-state index contributed by atoms with van der Waals surface area (Å²) in [5.74, 6) is -0.985. The molecule has 3 rings (SSSR count). The summed E-state index contributed by atoms with van der Waals surface area (Å²) < 4.78 is 47.6. The van der Waals surface area contributed by atoms with Crippen molar-refractivity contribution >= 4 is 5.97 Å². The second kappa shape index (κ2) is 7.34. The fourth-order valence-corrected chi connectivity index (χ4v) is 4.76. The van der Waals surface area contributed by atoms with E-state index < -0.39 is 12.3 Å². The van der Waals surface area contributed by atoms with Crippen LogP contribution in [0.4, 0.5) is 13.2 Å². The summed E-state index contributed by atoms with van der Waals surface area (Å²) in [4.78, 5) is 10.7. The van der Waals surface area contributed by atoms with Gasteiger partial charge in [-0.2, -0.15) is 0 Å². The normalized spacial score (nSPS) is 27.1. The molecule has 0 aromatic heterocycles. The number of carboxylic acids is 1. The molecule has 0 unspecified atom stereocenters. The van der Waals surface area contributed by atoms with Gasteiger partial charge in [0.15, 0.2) is 0 Å². The van der Waals surface area contributed by atoms with Gasteiger partial charge in [0.2, 0.25) is 0 Å². The van der Waals surface area contributed by atoms with E-state index in [1.165, 1.54) is 12.1 Å². The maximum absolute atomic E-state index is 12.5. The Hall–Kier alpha value is -1.76. The quantitative estimate of drug-likeness (QED) is 0.653. The largest absolute Gasteiger partial charge is 0.573 e. The number of aliphatic carboxylic acids is 1. The number of carboxylic acid groups (broad SMARTS) is 1. The lowest BCUT2D eigenvalue weighted by Gasteiger charge is -2.28. The van der Waals surface area contributed by atoms with Crippen LogP contribution in [-0.2, 0) is 16.1 Å². The van der Waals surface area contributed by atoms with E-state index in [1.54, 1.807) is 6.92 Å². The summed E-state index contributed by atoms with van der Waals surface area (Å²) in [6, 6.07) is 4.54. The van der Waals surface area contributed by atoms with Crippen molar-refractivity contribution in [1.29, 1.82) is 0 Å². The Labute approximate surface area is 156 Å². The second-order valence-corrected chi connectivity index (χ2v) is 8.10. The van der Waals surface area contributed by atoms with E-state index in [1.807, 2.05) is 6.07 Å². The third kappa shape index (κ3) is 5.15. The van der Waals surface area contributed by atoms with Gasteiger partial charge in [0, 0.05) is 6.42 Å². The standard InChI is InChI=1S/C20H25F3O4/c1-14-9-15(11-16(10-14)27-20(21,22)23)12-26-19-7-5-18(13-19,6-8-19)4-2-3-17(24)25/h9-11H,2-8,12-13H2,1H3,(H,24,25). The fraction of sp³-hybridized carbons (Fsp3) is 0.650. The molecule has 2 saturated carbocycles. The minimum absolute atomic E-state index is 0.173. The molecule has 0 amide bonds. The molecule has 0 aliphatic heterocycles. The Morgan fingerprint density at radius 1 is 1.19 bits per heavy atom. The first-order chi connectivity index (χ1) is 12.6. The molecule has 2 bridgehead atoms. The maximum Gasteiger partial charge on any atom is 0.573 e. The lowest BCUT2D eigenvalue weighted by atomic mass is 9.80. The molecular formula is C20H25F3O4. The first-order valence-corrected chi connectivity index (χ1v) is 9.31. The van der Waals surface area contributed by atoms with Crippen molar-refractivity contribution in [3.05, 3.63) is 29.3 Å². The molecule has 150 valence electrons. The molecule has 0 spiro atoms. The highest BCUT2D eigenvalue weighted by Gasteiger charge is 2.54. The van der Waals surface area contributed by atoms with Crippen molar-refractivity contribution in [2.75, 3.05) is 0 Å². The van der Waals surface area contributed by atoms with Gasteiger partial charge in [0.05, 0.1) is 12.2 Å².